The third kappa shape index (κ3) is 54.0. The number of carbonyl (C=O) groups is 3. The molecular formula is C62H111O11P. The molecule has 430 valence electrons. The average molecular weight is 1060 g/mol. The Labute approximate surface area is 453 Å². The number of carbonyl (C=O) groups excluding carboxylic acids is 3. The van der Waals surface area contributed by atoms with Crippen LogP contribution in [0.5, 0.6) is 0 Å². The van der Waals surface area contributed by atoms with Crippen molar-refractivity contribution in [3.8, 4) is 0 Å². The lowest BCUT2D eigenvalue weighted by molar-refractivity contribution is -0.161. The number of esters is 3. The second kappa shape index (κ2) is 56.4. The van der Waals surface area contributed by atoms with Crippen molar-refractivity contribution in [1.82, 2.24) is 0 Å². The number of phosphoric acid groups is 1. The topological polar surface area (TPSA) is 155 Å². The largest absolute Gasteiger partial charge is 0.472 e. The van der Waals surface area contributed by atoms with Gasteiger partial charge < -0.3 is 24.2 Å². The van der Waals surface area contributed by atoms with Gasteiger partial charge in [-0.3, -0.25) is 23.4 Å². The Kier molecular flexibility index (Phi) is 54.2. The highest BCUT2D eigenvalue weighted by molar-refractivity contribution is 7.47. The van der Waals surface area contributed by atoms with Gasteiger partial charge in [-0.05, 0) is 83.5 Å². The molecule has 0 aliphatic carbocycles. The zero-order chi connectivity index (χ0) is 54.1. The number of ether oxygens (including phenoxy) is 3. The maximum Gasteiger partial charge on any atom is 0.472 e. The molecule has 0 aromatic rings. The van der Waals surface area contributed by atoms with Gasteiger partial charge in [0.25, 0.3) is 0 Å². The van der Waals surface area contributed by atoms with Crippen LogP contribution in [0.3, 0.4) is 0 Å². The van der Waals surface area contributed by atoms with E-state index in [-0.39, 0.29) is 25.9 Å². The zero-order valence-corrected chi connectivity index (χ0v) is 48.5. The molecule has 0 aliphatic heterocycles. The summed E-state index contributed by atoms with van der Waals surface area (Å²) in [6.45, 7) is 4.56. The van der Waals surface area contributed by atoms with E-state index in [2.05, 4.69) is 81.5 Å². The van der Waals surface area contributed by atoms with Crippen molar-refractivity contribution in [1.29, 1.82) is 0 Å². The van der Waals surface area contributed by atoms with E-state index in [1.165, 1.54) is 103 Å². The lowest BCUT2D eigenvalue weighted by Crippen LogP contribution is -2.30. The summed E-state index contributed by atoms with van der Waals surface area (Å²) in [6, 6.07) is 0. The lowest BCUT2D eigenvalue weighted by Gasteiger charge is -2.21. The third-order valence-electron chi connectivity index (χ3n) is 12.9. The molecule has 3 atom stereocenters. The molecule has 12 heteroatoms. The summed E-state index contributed by atoms with van der Waals surface area (Å²) in [6.07, 6.45) is 61.7. The first-order valence-electron chi connectivity index (χ1n) is 30.2. The van der Waals surface area contributed by atoms with E-state index in [1.807, 2.05) is 0 Å². The molecule has 0 aromatic heterocycles. The van der Waals surface area contributed by atoms with Gasteiger partial charge in [-0.1, -0.05) is 236 Å². The molecule has 0 rings (SSSR count). The second-order valence-corrected chi connectivity index (χ2v) is 21.6. The van der Waals surface area contributed by atoms with Crippen LogP contribution in [0.15, 0.2) is 60.8 Å². The Hall–Kier alpha value is -2.82. The monoisotopic (exact) mass is 1060 g/mol. The van der Waals surface area contributed by atoms with Gasteiger partial charge in [0, 0.05) is 19.3 Å². The van der Waals surface area contributed by atoms with Gasteiger partial charge in [0.2, 0.25) is 0 Å². The molecule has 2 N–H and O–H groups in total. The van der Waals surface area contributed by atoms with Crippen LogP contribution in [0.4, 0.5) is 0 Å². The highest BCUT2D eigenvalue weighted by atomic mass is 31.2. The van der Waals surface area contributed by atoms with Gasteiger partial charge >= 0.3 is 25.7 Å². The van der Waals surface area contributed by atoms with E-state index in [9.17, 15) is 28.9 Å². The Balaban J connectivity index is 4.72. The van der Waals surface area contributed by atoms with Crippen LogP contribution >= 0.6 is 7.82 Å². The van der Waals surface area contributed by atoms with Crippen molar-refractivity contribution in [2.75, 3.05) is 26.4 Å². The van der Waals surface area contributed by atoms with E-state index in [1.54, 1.807) is 0 Å². The molecule has 0 aromatic carbocycles. The Morgan fingerprint density at radius 2 is 0.689 bits per heavy atom. The SMILES string of the molecule is CCC/C=C\C/C=C\CCCCCCCC(=O)OCC(COP(=O)(O)OCC(CO)OC(=O)CCCCCCCCCCCCCCCCC)OC(=O)CCCCCCCC/C=C\C/C=C\C/C=C\CCCCC. The summed E-state index contributed by atoms with van der Waals surface area (Å²) < 4.78 is 39.6. The van der Waals surface area contributed by atoms with Crippen LogP contribution in [0.1, 0.15) is 278 Å². The van der Waals surface area contributed by atoms with E-state index < -0.39 is 57.8 Å². The normalized spacial score (nSPS) is 13.7. The van der Waals surface area contributed by atoms with Gasteiger partial charge in [0.05, 0.1) is 19.8 Å². The molecule has 74 heavy (non-hydrogen) atoms. The van der Waals surface area contributed by atoms with Gasteiger partial charge in [0.15, 0.2) is 6.10 Å². The van der Waals surface area contributed by atoms with E-state index in [0.717, 1.165) is 116 Å². The van der Waals surface area contributed by atoms with E-state index in [4.69, 9.17) is 23.3 Å². The quantitative estimate of drug-likeness (QED) is 0.0197. The number of hydrogen-bond donors (Lipinski definition) is 2. The smallest absolute Gasteiger partial charge is 0.462 e. The predicted octanol–water partition coefficient (Wildman–Crippen LogP) is 17.9. The summed E-state index contributed by atoms with van der Waals surface area (Å²) in [7, 11) is -4.75. The number of unbranched alkanes of at least 4 members (excludes halogenated alkanes) is 29. The molecule has 0 spiro atoms. The minimum absolute atomic E-state index is 0.150. The molecule has 0 heterocycles. The molecule has 0 radical (unpaired) electrons. The van der Waals surface area contributed by atoms with Crippen LogP contribution in [0.25, 0.3) is 0 Å². The van der Waals surface area contributed by atoms with Gasteiger partial charge in [-0.2, -0.15) is 0 Å². The molecule has 0 aliphatic rings. The van der Waals surface area contributed by atoms with Crippen LogP contribution in [0, 0.1) is 0 Å². The lowest BCUT2D eigenvalue weighted by atomic mass is 10.0. The number of hydrogen-bond acceptors (Lipinski definition) is 10. The zero-order valence-electron chi connectivity index (χ0n) is 47.6. The molecule has 11 nitrogen and oxygen atoms in total. The first-order chi connectivity index (χ1) is 36.2. The molecule has 0 bridgehead atoms. The number of aliphatic hydroxyl groups excluding tert-OH is 1. The Morgan fingerprint density at radius 1 is 0.378 bits per heavy atom. The maximum atomic E-state index is 12.9. The standard InChI is InChI=1S/C62H111O11P/c1-4-7-10-13-16-19-22-25-27-28-29-30-32-35-38-41-44-47-50-53-62(66)73-59(55-69-60(64)51-48-45-42-39-36-33-24-21-18-15-12-9-6-3)57-71-74(67,68)70-56-58(54-63)72-61(65)52-49-46-43-40-37-34-31-26-23-20-17-14-11-8-5-2/h12,15-16,19,21,24-25,27,29-30,58-59,63H,4-11,13-14,17-18,20,22-23,26,28,31-57H2,1-3H3,(H,67,68)/b15-12-,19-16-,24-21-,27-25-,30-29-. The molecule has 0 fully saturated rings. The maximum absolute atomic E-state index is 12.9. The fourth-order valence-electron chi connectivity index (χ4n) is 8.28. The first-order valence-corrected chi connectivity index (χ1v) is 31.7. The van der Waals surface area contributed by atoms with Crippen molar-refractivity contribution in [3.63, 3.8) is 0 Å². The van der Waals surface area contributed by atoms with Crippen LogP contribution < -0.4 is 0 Å². The minimum atomic E-state index is -4.75. The van der Waals surface area contributed by atoms with Gasteiger partial charge in [-0.25, -0.2) is 4.57 Å². The molecule has 0 amide bonds. The van der Waals surface area contributed by atoms with Gasteiger partial charge in [-0.15, -0.1) is 0 Å². The minimum Gasteiger partial charge on any atom is -0.462 e. The van der Waals surface area contributed by atoms with Crippen molar-refractivity contribution < 1.29 is 52.2 Å². The second-order valence-electron chi connectivity index (χ2n) is 20.2. The molecular weight excluding hydrogens is 952 g/mol. The summed E-state index contributed by atoms with van der Waals surface area (Å²) >= 11 is 0. The van der Waals surface area contributed by atoms with Crippen LogP contribution in [-0.2, 0) is 42.2 Å². The number of aliphatic hydroxyl groups is 1. The molecule has 3 unspecified atom stereocenters. The third-order valence-corrected chi connectivity index (χ3v) is 13.8. The molecule has 0 saturated carbocycles. The summed E-state index contributed by atoms with van der Waals surface area (Å²) in [5, 5.41) is 9.83. The Morgan fingerprint density at radius 3 is 1.09 bits per heavy atom. The number of rotatable bonds is 56. The van der Waals surface area contributed by atoms with E-state index >= 15 is 0 Å². The average Bonchev–Trinajstić information content (AvgIpc) is 3.39. The highest BCUT2D eigenvalue weighted by Gasteiger charge is 2.28. The first kappa shape index (κ1) is 71.2. The van der Waals surface area contributed by atoms with Crippen molar-refractivity contribution in [2.24, 2.45) is 0 Å². The van der Waals surface area contributed by atoms with Crippen molar-refractivity contribution >= 4 is 25.7 Å². The number of phosphoric ester groups is 1. The molecule has 0 saturated heterocycles. The predicted molar refractivity (Wildman–Crippen MR) is 307 cm³/mol. The van der Waals surface area contributed by atoms with Crippen LogP contribution in [-0.4, -0.2) is 66.5 Å². The fraction of sp³-hybridized carbons (Fsp3) is 0.790. The summed E-state index contributed by atoms with van der Waals surface area (Å²) in [5.41, 5.74) is 0. The number of allylic oxidation sites excluding steroid dienone is 10. The van der Waals surface area contributed by atoms with Crippen molar-refractivity contribution in [3.05, 3.63) is 60.8 Å². The van der Waals surface area contributed by atoms with Crippen molar-refractivity contribution in [2.45, 2.75) is 290 Å². The summed E-state index contributed by atoms with van der Waals surface area (Å²) in [5.74, 6) is -1.48. The highest BCUT2D eigenvalue weighted by Crippen LogP contribution is 2.43. The van der Waals surface area contributed by atoms with Gasteiger partial charge in [0.1, 0.15) is 12.7 Å². The van der Waals surface area contributed by atoms with E-state index in [0.29, 0.717) is 19.3 Å². The van der Waals surface area contributed by atoms with Crippen LogP contribution in [0.2, 0.25) is 0 Å². The summed E-state index contributed by atoms with van der Waals surface area (Å²) in [4.78, 5) is 48.6. The fourth-order valence-corrected chi connectivity index (χ4v) is 9.07. The Bertz CT molecular complexity index is 1470.